The predicted molar refractivity (Wildman–Crippen MR) is 103 cm³/mol. The van der Waals surface area contributed by atoms with Crippen LogP contribution in [-0.2, 0) is 4.79 Å². The molecule has 4 nitrogen and oxygen atoms in total. The molecule has 0 aromatic heterocycles. The minimum Gasteiger partial charge on any atom is -0.393 e. The summed E-state index contributed by atoms with van der Waals surface area (Å²) in [6.45, 7) is 2.28. The second-order valence-corrected chi connectivity index (χ2v) is 8.99. The van der Waals surface area contributed by atoms with E-state index in [0.29, 0.717) is 17.6 Å². The monoisotopic (exact) mass is 424 g/mol. The molecule has 0 bridgehead atoms. The van der Waals surface area contributed by atoms with E-state index >= 15 is 0 Å². The molecular formula is C20H26BrFN2O2. The topological polar surface area (TPSA) is 43.8 Å². The zero-order valence-electron chi connectivity index (χ0n) is 15.0. The van der Waals surface area contributed by atoms with Gasteiger partial charge in [-0.1, -0.05) is 15.9 Å². The Morgan fingerprint density at radius 3 is 2.42 bits per heavy atom. The first-order valence-electron chi connectivity index (χ1n) is 9.68. The van der Waals surface area contributed by atoms with Crippen molar-refractivity contribution in [3.05, 3.63) is 28.5 Å². The van der Waals surface area contributed by atoms with Crippen molar-refractivity contribution in [3.8, 4) is 0 Å². The van der Waals surface area contributed by atoms with Crippen molar-refractivity contribution in [1.29, 1.82) is 0 Å². The van der Waals surface area contributed by atoms with Gasteiger partial charge in [0.25, 0.3) is 0 Å². The number of carbonyl (C=O) groups is 1. The average Bonchev–Trinajstić information content (AvgIpc) is 2.95. The van der Waals surface area contributed by atoms with Gasteiger partial charge in [-0.05, 0) is 63.1 Å². The fourth-order valence-electron chi connectivity index (χ4n) is 4.93. The van der Waals surface area contributed by atoms with Crippen LogP contribution in [0.1, 0.15) is 44.9 Å². The van der Waals surface area contributed by atoms with Crippen LogP contribution in [0, 0.1) is 11.2 Å². The lowest BCUT2D eigenvalue weighted by atomic mass is 9.77. The minimum absolute atomic E-state index is 0.193. The zero-order valence-corrected chi connectivity index (χ0v) is 16.5. The van der Waals surface area contributed by atoms with Crippen LogP contribution < -0.4 is 4.90 Å². The van der Waals surface area contributed by atoms with E-state index in [-0.39, 0.29) is 17.3 Å². The lowest BCUT2D eigenvalue weighted by Crippen LogP contribution is -2.47. The number of piperidine rings is 1. The van der Waals surface area contributed by atoms with Crippen molar-refractivity contribution in [2.24, 2.45) is 5.41 Å². The van der Waals surface area contributed by atoms with Gasteiger partial charge in [0.15, 0.2) is 0 Å². The highest BCUT2D eigenvalue weighted by Crippen LogP contribution is 2.44. The summed E-state index contributed by atoms with van der Waals surface area (Å²) in [5, 5.41) is 9.71. The summed E-state index contributed by atoms with van der Waals surface area (Å²) in [5.74, 6) is 0.0949. The van der Waals surface area contributed by atoms with Crippen molar-refractivity contribution in [2.75, 3.05) is 24.5 Å². The molecule has 0 radical (unpaired) electrons. The molecule has 6 heteroatoms. The van der Waals surface area contributed by atoms with Crippen molar-refractivity contribution >= 4 is 27.5 Å². The number of nitrogens with zero attached hydrogens (tertiary/aromatic N) is 2. The van der Waals surface area contributed by atoms with Gasteiger partial charge in [-0.25, -0.2) is 4.39 Å². The molecule has 1 saturated carbocycles. The number of aliphatic hydroxyl groups is 1. The molecule has 142 valence electrons. The van der Waals surface area contributed by atoms with Crippen LogP contribution in [-0.4, -0.2) is 47.7 Å². The Balaban J connectivity index is 1.42. The second kappa shape index (κ2) is 7.12. The molecule has 1 aromatic rings. The molecule has 4 rings (SSSR count). The minimum atomic E-state index is -0.255. The molecule has 3 aliphatic rings. The molecule has 0 atom stereocenters. The summed E-state index contributed by atoms with van der Waals surface area (Å²) in [5.41, 5.74) is 0.368. The maximum atomic E-state index is 14.2. The molecule has 1 amide bonds. The third-order valence-corrected chi connectivity index (χ3v) is 7.12. The van der Waals surface area contributed by atoms with Gasteiger partial charge in [0, 0.05) is 30.1 Å². The van der Waals surface area contributed by atoms with E-state index in [1.165, 1.54) is 6.07 Å². The van der Waals surface area contributed by atoms with Crippen molar-refractivity contribution in [3.63, 3.8) is 0 Å². The number of carbonyl (C=O) groups excluding carboxylic acids is 1. The van der Waals surface area contributed by atoms with E-state index in [1.54, 1.807) is 6.07 Å². The Bertz CT molecular complexity index is 682. The number of rotatable bonds is 2. The van der Waals surface area contributed by atoms with E-state index in [1.807, 2.05) is 6.07 Å². The van der Waals surface area contributed by atoms with Gasteiger partial charge in [-0.3, -0.25) is 4.79 Å². The molecule has 3 fully saturated rings. The van der Waals surface area contributed by atoms with E-state index in [0.717, 1.165) is 69.1 Å². The Morgan fingerprint density at radius 1 is 1.08 bits per heavy atom. The Kier molecular flexibility index (Phi) is 4.99. The lowest BCUT2D eigenvalue weighted by Gasteiger charge is -2.40. The molecule has 1 spiro atoms. The SMILES string of the molecule is O=C1N([C@H]2CC[C@@H](O)CC2)CCC12CCN(c1cc(Br)ccc1F)CC2. The van der Waals surface area contributed by atoms with Crippen LogP contribution in [0.2, 0.25) is 0 Å². The molecule has 1 N–H and O–H groups in total. The van der Waals surface area contributed by atoms with Gasteiger partial charge in [-0.2, -0.15) is 0 Å². The van der Waals surface area contributed by atoms with Crippen molar-refractivity contribution in [2.45, 2.75) is 57.1 Å². The number of halogens is 2. The quantitative estimate of drug-likeness (QED) is 0.786. The molecule has 2 saturated heterocycles. The number of aliphatic hydroxyl groups excluding tert-OH is 1. The molecule has 2 aliphatic heterocycles. The molecule has 0 unspecified atom stereocenters. The van der Waals surface area contributed by atoms with Crippen molar-refractivity contribution in [1.82, 2.24) is 4.90 Å². The van der Waals surface area contributed by atoms with E-state index < -0.39 is 0 Å². The standard InChI is InChI=1S/C20H26BrFN2O2/c21-14-1-6-17(22)18(13-14)23-10-7-20(8-11-23)9-12-24(19(20)26)15-2-4-16(25)5-3-15/h1,6,13,15-16,25H,2-5,7-12H2/t15-,16+. The number of anilines is 1. The van der Waals surface area contributed by atoms with E-state index in [9.17, 15) is 14.3 Å². The first-order valence-corrected chi connectivity index (χ1v) is 10.5. The third-order valence-electron chi connectivity index (χ3n) is 6.62. The first kappa shape index (κ1) is 18.2. The largest absolute Gasteiger partial charge is 0.393 e. The normalized spacial score (nSPS) is 28.8. The number of amides is 1. The first-order chi connectivity index (χ1) is 12.5. The molecule has 1 aromatic carbocycles. The predicted octanol–water partition coefficient (Wildman–Crippen LogP) is 3.71. The maximum Gasteiger partial charge on any atom is 0.229 e. The number of hydrogen-bond acceptors (Lipinski definition) is 3. The number of hydrogen-bond donors (Lipinski definition) is 1. The summed E-state index contributed by atoms with van der Waals surface area (Å²) < 4.78 is 15.0. The summed E-state index contributed by atoms with van der Waals surface area (Å²) in [4.78, 5) is 17.3. The summed E-state index contributed by atoms with van der Waals surface area (Å²) in [6.07, 6.45) is 5.75. The Hall–Kier alpha value is -1.14. The van der Waals surface area contributed by atoms with Crippen LogP contribution in [0.25, 0.3) is 0 Å². The van der Waals surface area contributed by atoms with Crippen LogP contribution >= 0.6 is 15.9 Å². The lowest BCUT2D eigenvalue weighted by molar-refractivity contribution is -0.139. The molecule has 26 heavy (non-hydrogen) atoms. The average molecular weight is 425 g/mol. The van der Waals surface area contributed by atoms with E-state index in [2.05, 4.69) is 25.7 Å². The maximum absolute atomic E-state index is 14.2. The smallest absolute Gasteiger partial charge is 0.229 e. The summed E-state index contributed by atoms with van der Waals surface area (Å²) in [6, 6.07) is 5.32. The highest BCUT2D eigenvalue weighted by atomic mass is 79.9. The Morgan fingerprint density at radius 2 is 1.73 bits per heavy atom. The van der Waals surface area contributed by atoms with Gasteiger partial charge in [-0.15, -0.1) is 0 Å². The van der Waals surface area contributed by atoms with Crippen molar-refractivity contribution < 1.29 is 14.3 Å². The Labute approximate surface area is 162 Å². The van der Waals surface area contributed by atoms with Gasteiger partial charge in [0.2, 0.25) is 5.91 Å². The highest BCUT2D eigenvalue weighted by molar-refractivity contribution is 9.10. The highest BCUT2D eigenvalue weighted by Gasteiger charge is 2.50. The fraction of sp³-hybridized carbons (Fsp3) is 0.650. The number of likely N-dealkylation sites (tertiary alicyclic amines) is 1. The van der Waals surface area contributed by atoms with Gasteiger partial charge >= 0.3 is 0 Å². The van der Waals surface area contributed by atoms with Crippen LogP contribution in [0.5, 0.6) is 0 Å². The van der Waals surface area contributed by atoms with Crippen LogP contribution in [0.15, 0.2) is 22.7 Å². The summed E-state index contributed by atoms with van der Waals surface area (Å²) >= 11 is 3.42. The molecular weight excluding hydrogens is 399 g/mol. The second-order valence-electron chi connectivity index (χ2n) is 8.07. The van der Waals surface area contributed by atoms with Gasteiger partial charge < -0.3 is 14.9 Å². The zero-order chi connectivity index (χ0) is 18.3. The van der Waals surface area contributed by atoms with Crippen LogP contribution in [0.3, 0.4) is 0 Å². The fourth-order valence-corrected chi connectivity index (χ4v) is 5.28. The third kappa shape index (κ3) is 3.26. The van der Waals surface area contributed by atoms with Crippen LogP contribution in [0.4, 0.5) is 10.1 Å². The van der Waals surface area contributed by atoms with Gasteiger partial charge in [0.05, 0.1) is 17.2 Å². The van der Waals surface area contributed by atoms with E-state index in [4.69, 9.17) is 0 Å². The molecule has 1 aliphatic carbocycles. The van der Waals surface area contributed by atoms with Gasteiger partial charge in [0.1, 0.15) is 5.82 Å². The number of benzene rings is 1. The molecule has 2 heterocycles. The summed E-state index contributed by atoms with van der Waals surface area (Å²) in [7, 11) is 0.